The van der Waals surface area contributed by atoms with Crippen LogP contribution in [0.3, 0.4) is 0 Å². The molecule has 0 radical (unpaired) electrons. The number of hydrogen-bond acceptors (Lipinski definition) is 4. The predicted octanol–water partition coefficient (Wildman–Crippen LogP) is 0.772. The van der Waals surface area contributed by atoms with Gasteiger partial charge in [-0.3, -0.25) is 4.79 Å². The monoisotopic (exact) mass is 189 g/mol. The summed E-state index contributed by atoms with van der Waals surface area (Å²) < 4.78 is 4.83. The molecular weight excluding hydrogens is 174 g/mol. The lowest BCUT2D eigenvalue weighted by atomic mass is 10.3. The van der Waals surface area contributed by atoms with Gasteiger partial charge in [-0.05, 0) is 6.42 Å². The molecule has 0 aliphatic carbocycles. The summed E-state index contributed by atoms with van der Waals surface area (Å²) >= 11 is 1.63. The molecule has 2 unspecified atom stereocenters. The van der Waals surface area contributed by atoms with Crippen LogP contribution in [0.5, 0.6) is 0 Å². The molecule has 0 spiro atoms. The van der Waals surface area contributed by atoms with E-state index < -0.39 is 0 Å². The van der Waals surface area contributed by atoms with Gasteiger partial charge in [-0.2, -0.15) is 0 Å². The molecule has 0 bridgehead atoms. The van der Waals surface area contributed by atoms with E-state index in [1.807, 2.05) is 0 Å². The largest absolute Gasteiger partial charge is 0.465 e. The number of rotatable bonds is 4. The molecule has 0 saturated carbocycles. The van der Waals surface area contributed by atoms with Crippen molar-refractivity contribution in [2.45, 2.75) is 31.1 Å². The minimum absolute atomic E-state index is 0.0441. The number of carbonyl (C=O) groups excluding carboxylic acids is 1. The Kier molecular flexibility index (Phi) is 3.88. The normalized spacial score (nSPS) is 25.5. The van der Waals surface area contributed by atoms with Crippen LogP contribution in [0.1, 0.15) is 19.8 Å². The van der Waals surface area contributed by atoms with Crippen molar-refractivity contribution in [1.82, 2.24) is 0 Å². The molecule has 12 heavy (non-hydrogen) atoms. The van der Waals surface area contributed by atoms with Crippen LogP contribution in [0, 0.1) is 0 Å². The average Bonchev–Trinajstić information content (AvgIpc) is 2.47. The number of esters is 1. The highest BCUT2D eigenvalue weighted by Crippen LogP contribution is 2.22. The Morgan fingerprint density at radius 1 is 1.83 bits per heavy atom. The van der Waals surface area contributed by atoms with Crippen LogP contribution in [0.4, 0.5) is 0 Å². The summed E-state index contributed by atoms with van der Waals surface area (Å²) in [6.45, 7) is 2.63. The van der Waals surface area contributed by atoms with E-state index in [2.05, 4.69) is 6.92 Å². The van der Waals surface area contributed by atoms with Crippen LogP contribution in [0.2, 0.25) is 0 Å². The first kappa shape index (κ1) is 9.86. The van der Waals surface area contributed by atoms with E-state index in [9.17, 15) is 4.79 Å². The van der Waals surface area contributed by atoms with Crippen molar-refractivity contribution in [2.75, 3.05) is 12.4 Å². The number of carbonyl (C=O) groups is 1. The lowest BCUT2D eigenvalue weighted by Gasteiger charge is -2.09. The number of nitrogens with two attached hydrogens (primary N) is 1. The topological polar surface area (TPSA) is 52.3 Å². The Balaban J connectivity index is 2.18. The molecule has 1 saturated heterocycles. The van der Waals surface area contributed by atoms with Gasteiger partial charge in [0.25, 0.3) is 0 Å². The first-order chi connectivity index (χ1) is 5.74. The van der Waals surface area contributed by atoms with E-state index in [1.165, 1.54) is 0 Å². The fraction of sp³-hybridized carbons (Fsp3) is 0.875. The molecule has 1 heterocycles. The molecule has 70 valence electrons. The van der Waals surface area contributed by atoms with Gasteiger partial charge in [0.1, 0.15) is 5.25 Å². The first-order valence-corrected chi connectivity index (χ1v) is 5.32. The molecule has 2 N–H and O–H groups in total. The summed E-state index contributed by atoms with van der Waals surface area (Å²) in [6.07, 6.45) is 1.81. The minimum atomic E-state index is -0.0664. The van der Waals surface area contributed by atoms with Gasteiger partial charge in [-0.1, -0.05) is 6.92 Å². The molecule has 1 aliphatic rings. The van der Waals surface area contributed by atoms with Gasteiger partial charge in [-0.25, -0.2) is 0 Å². The molecular formula is C8H15NO2S. The van der Waals surface area contributed by atoms with Crippen molar-refractivity contribution in [1.29, 1.82) is 0 Å². The maximum atomic E-state index is 11.0. The molecule has 0 aromatic heterocycles. The Morgan fingerprint density at radius 2 is 2.58 bits per heavy atom. The van der Waals surface area contributed by atoms with Crippen molar-refractivity contribution in [3.8, 4) is 0 Å². The second kappa shape index (κ2) is 4.72. The summed E-state index contributed by atoms with van der Waals surface area (Å²) in [6, 6.07) is 0.211. The third-order valence-corrected chi connectivity index (χ3v) is 3.37. The summed E-state index contributed by atoms with van der Waals surface area (Å²) in [5.41, 5.74) is 5.72. The second-order valence-corrected chi connectivity index (χ2v) is 4.18. The quantitative estimate of drug-likeness (QED) is 0.664. The van der Waals surface area contributed by atoms with Gasteiger partial charge in [0.15, 0.2) is 0 Å². The van der Waals surface area contributed by atoms with Crippen molar-refractivity contribution in [3.05, 3.63) is 0 Å². The molecule has 0 aromatic rings. The highest BCUT2D eigenvalue weighted by atomic mass is 32.2. The van der Waals surface area contributed by atoms with Crippen molar-refractivity contribution in [2.24, 2.45) is 5.73 Å². The highest BCUT2D eigenvalue weighted by molar-refractivity contribution is 8.00. The molecule has 0 amide bonds. The molecule has 0 aromatic carbocycles. The Labute approximate surface area is 77.0 Å². The number of hydrogen-bond donors (Lipinski definition) is 1. The fourth-order valence-electron chi connectivity index (χ4n) is 0.986. The van der Waals surface area contributed by atoms with E-state index in [0.29, 0.717) is 6.61 Å². The van der Waals surface area contributed by atoms with Gasteiger partial charge < -0.3 is 10.5 Å². The maximum absolute atomic E-state index is 11.0. The van der Waals surface area contributed by atoms with Crippen LogP contribution >= 0.6 is 11.8 Å². The standard InChI is InChI=1S/C8H15NO2S/c1-2-6(9)5-12-7-3-4-11-8(7)10/h6-7H,2-5,9H2,1H3. The third kappa shape index (κ3) is 2.68. The number of ether oxygens (including phenoxy) is 1. The number of cyclic esters (lactones) is 1. The highest BCUT2D eigenvalue weighted by Gasteiger charge is 2.26. The van der Waals surface area contributed by atoms with Gasteiger partial charge >= 0.3 is 5.97 Å². The van der Waals surface area contributed by atoms with Gasteiger partial charge in [0.05, 0.1) is 6.61 Å². The van der Waals surface area contributed by atoms with E-state index in [0.717, 1.165) is 18.6 Å². The van der Waals surface area contributed by atoms with Crippen LogP contribution < -0.4 is 5.73 Å². The Hall–Kier alpha value is -0.220. The smallest absolute Gasteiger partial charge is 0.319 e. The summed E-state index contributed by atoms with van der Waals surface area (Å²) in [5.74, 6) is 0.791. The SMILES string of the molecule is CCC(N)CSC1CCOC1=O. The molecule has 3 nitrogen and oxygen atoms in total. The van der Waals surface area contributed by atoms with E-state index in [1.54, 1.807) is 11.8 Å². The van der Waals surface area contributed by atoms with Gasteiger partial charge in [-0.15, -0.1) is 11.8 Å². The van der Waals surface area contributed by atoms with Gasteiger partial charge in [0.2, 0.25) is 0 Å². The molecule has 1 aliphatic heterocycles. The van der Waals surface area contributed by atoms with E-state index in [-0.39, 0.29) is 17.3 Å². The minimum Gasteiger partial charge on any atom is -0.465 e. The average molecular weight is 189 g/mol. The zero-order valence-electron chi connectivity index (χ0n) is 7.29. The second-order valence-electron chi connectivity index (χ2n) is 2.95. The van der Waals surface area contributed by atoms with E-state index >= 15 is 0 Å². The Bertz CT molecular complexity index is 163. The molecule has 2 atom stereocenters. The van der Waals surface area contributed by atoms with Crippen LogP contribution in [-0.4, -0.2) is 29.6 Å². The number of thioether (sulfide) groups is 1. The lowest BCUT2D eigenvalue weighted by Crippen LogP contribution is -2.24. The van der Waals surface area contributed by atoms with E-state index in [4.69, 9.17) is 10.5 Å². The Morgan fingerprint density at radius 3 is 3.08 bits per heavy atom. The van der Waals surface area contributed by atoms with Crippen LogP contribution in [-0.2, 0) is 9.53 Å². The summed E-state index contributed by atoms with van der Waals surface area (Å²) in [5, 5.41) is 0.0441. The van der Waals surface area contributed by atoms with Crippen molar-refractivity contribution in [3.63, 3.8) is 0 Å². The van der Waals surface area contributed by atoms with Crippen LogP contribution in [0.25, 0.3) is 0 Å². The molecule has 1 fully saturated rings. The maximum Gasteiger partial charge on any atom is 0.319 e. The predicted molar refractivity (Wildman–Crippen MR) is 50.1 cm³/mol. The fourth-order valence-corrected chi connectivity index (χ4v) is 2.17. The van der Waals surface area contributed by atoms with Crippen molar-refractivity contribution >= 4 is 17.7 Å². The zero-order chi connectivity index (χ0) is 8.97. The summed E-state index contributed by atoms with van der Waals surface area (Å²) in [4.78, 5) is 11.0. The molecule has 1 rings (SSSR count). The molecule has 4 heteroatoms. The van der Waals surface area contributed by atoms with Crippen LogP contribution in [0.15, 0.2) is 0 Å². The first-order valence-electron chi connectivity index (χ1n) is 4.28. The van der Waals surface area contributed by atoms with Gasteiger partial charge in [0, 0.05) is 18.2 Å². The zero-order valence-corrected chi connectivity index (χ0v) is 8.10. The third-order valence-electron chi connectivity index (χ3n) is 1.92. The summed E-state index contributed by atoms with van der Waals surface area (Å²) in [7, 11) is 0. The van der Waals surface area contributed by atoms with Crippen molar-refractivity contribution < 1.29 is 9.53 Å². The lowest BCUT2D eigenvalue weighted by molar-refractivity contribution is -0.137.